The molecule has 0 radical (unpaired) electrons. The van der Waals surface area contributed by atoms with Crippen LogP contribution in [0, 0.1) is 12.7 Å². The number of nitrogens with zero attached hydrogens (tertiary/aromatic N) is 5. The summed E-state index contributed by atoms with van der Waals surface area (Å²) < 4.78 is 26.4. The third-order valence-electron chi connectivity index (χ3n) is 4.78. The number of thioether (sulfide) groups is 1. The van der Waals surface area contributed by atoms with Gasteiger partial charge in [0.2, 0.25) is 11.7 Å². The zero-order chi connectivity index (χ0) is 22.5. The minimum atomic E-state index is -0.306. The van der Waals surface area contributed by atoms with Crippen LogP contribution in [0.25, 0.3) is 22.8 Å². The van der Waals surface area contributed by atoms with E-state index in [-0.39, 0.29) is 5.82 Å². The summed E-state index contributed by atoms with van der Waals surface area (Å²) in [6.07, 6.45) is 0.795. The highest BCUT2D eigenvalue weighted by molar-refractivity contribution is 7.98. The molecule has 0 spiro atoms. The normalized spacial score (nSPS) is 11.2. The number of aromatic nitrogens is 5. The Hall–Kier alpha value is -2.75. The van der Waals surface area contributed by atoms with Crippen LogP contribution in [0.3, 0.4) is 0 Å². The summed E-state index contributed by atoms with van der Waals surface area (Å²) in [5, 5.41) is 14.0. The highest BCUT2D eigenvalue weighted by Crippen LogP contribution is 2.31. The van der Waals surface area contributed by atoms with E-state index >= 15 is 0 Å². The predicted molar refractivity (Wildman–Crippen MR) is 121 cm³/mol. The zero-order valence-corrected chi connectivity index (χ0v) is 19.2. The molecule has 0 fully saturated rings. The lowest BCUT2D eigenvalue weighted by Crippen LogP contribution is -2.05. The monoisotopic (exact) mass is 473 g/mol. The first-order valence-corrected chi connectivity index (χ1v) is 11.3. The summed E-state index contributed by atoms with van der Waals surface area (Å²) in [6.45, 7) is 2.99. The van der Waals surface area contributed by atoms with Gasteiger partial charge in [0.05, 0.1) is 10.8 Å². The number of aryl methyl sites for hydroxylation is 1. The lowest BCUT2D eigenvalue weighted by molar-refractivity contribution is 0.189. The topological polar surface area (TPSA) is 78.9 Å². The molecule has 7 nitrogen and oxygen atoms in total. The number of halogens is 2. The largest absolute Gasteiger partial charge is 0.385 e. The van der Waals surface area contributed by atoms with Crippen LogP contribution in [0.15, 0.2) is 52.1 Å². The minimum Gasteiger partial charge on any atom is -0.385 e. The number of methoxy groups -OCH3 is 1. The van der Waals surface area contributed by atoms with E-state index in [1.165, 1.54) is 17.8 Å². The van der Waals surface area contributed by atoms with Crippen molar-refractivity contribution in [1.29, 1.82) is 0 Å². The number of ether oxygens (including phenoxy) is 1. The van der Waals surface area contributed by atoms with Gasteiger partial charge in [0, 0.05) is 31.4 Å². The van der Waals surface area contributed by atoms with Gasteiger partial charge in [-0.1, -0.05) is 52.8 Å². The molecule has 0 unspecified atom stereocenters. The van der Waals surface area contributed by atoms with Gasteiger partial charge in [-0.05, 0) is 37.1 Å². The molecule has 32 heavy (non-hydrogen) atoms. The molecule has 2 aromatic heterocycles. The molecule has 0 saturated heterocycles. The van der Waals surface area contributed by atoms with Crippen molar-refractivity contribution in [2.24, 2.45) is 0 Å². The second kappa shape index (κ2) is 10.2. The van der Waals surface area contributed by atoms with E-state index in [4.69, 9.17) is 20.9 Å². The highest BCUT2D eigenvalue weighted by Gasteiger charge is 2.18. The van der Waals surface area contributed by atoms with E-state index in [0.29, 0.717) is 57.7 Å². The summed E-state index contributed by atoms with van der Waals surface area (Å²) in [6, 6.07) is 12.4. The van der Waals surface area contributed by atoms with Gasteiger partial charge in [-0.2, -0.15) is 4.98 Å². The molecule has 0 aliphatic rings. The van der Waals surface area contributed by atoms with Crippen molar-refractivity contribution in [3.8, 4) is 22.8 Å². The predicted octanol–water partition coefficient (Wildman–Crippen LogP) is 5.42. The van der Waals surface area contributed by atoms with Crippen LogP contribution in [0.4, 0.5) is 4.39 Å². The molecule has 0 aliphatic heterocycles. The van der Waals surface area contributed by atoms with Crippen LogP contribution in [0.5, 0.6) is 0 Å². The highest BCUT2D eigenvalue weighted by atomic mass is 35.5. The molecule has 0 saturated carbocycles. The van der Waals surface area contributed by atoms with Gasteiger partial charge >= 0.3 is 0 Å². The zero-order valence-electron chi connectivity index (χ0n) is 17.6. The number of hydrogen-bond donors (Lipinski definition) is 0. The standard InChI is InChI=1S/C22H21ClFN5O2S/c1-14-8-9-15(12-18(14)24)20-25-19(31-28-20)13-32-22-27-26-21(29(22)10-5-11-30-2)16-6-3-4-7-17(16)23/h3-4,6-9,12H,5,10-11,13H2,1-2H3. The summed E-state index contributed by atoms with van der Waals surface area (Å²) in [4.78, 5) is 4.39. The Kier molecular flexibility index (Phi) is 7.19. The lowest BCUT2D eigenvalue weighted by Gasteiger charge is -2.10. The summed E-state index contributed by atoms with van der Waals surface area (Å²) >= 11 is 7.81. The average Bonchev–Trinajstić information content (AvgIpc) is 3.42. The third-order valence-corrected chi connectivity index (χ3v) is 6.07. The Bertz CT molecular complexity index is 1210. The van der Waals surface area contributed by atoms with Gasteiger partial charge in [0.15, 0.2) is 11.0 Å². The molecular formula is C22H21ClFN5O2S. The van der Waals surface area contributed by atoms with E-state index in [2.05, 4.69) is 20.3 Å². The third kappa shape index (κ3) is 5.01. The average molecular weight is 474 g/mol. The van der Waals surface area contributed by atoms with Crippen molar-refractivity contribution in [3.63, 3.8) is 0 Å². The van der Waals surface area contributed by atoms with E-state index in [9.17, 15) is 4.39 Å². The van der Waals surface area contributed by atoms with Crippen molar-refractivity contribution in [1.82, 2.24) is 24.9 Å². The van der Waals surface area contributed by atoms with Gasteiger partial charge < -0.3 is 13.8 Å². The van der Waals surface area contributed by atoms with E-state index in [1.54, 1.807) is 26.2 Å². The smallest absolute Gasteiger partial charge is 0.237 e. The van der Waals surface area contributed by atoms with Crippen LogP contribution >= 0.6 is 23.4 Å². The van der Waals surface area contributed by atoms with Crippen molar-refractivity contribution < 1.29 is 13.7 Å². The SMILES string of the molecule is COCCCn1c(SCc2nc(-c3ccc(C)c(F)c3)no2)nnc1-c1ccccc1Cl. The molecule has 0 bridgehead atoms. The second-order valence-corrected chi connectivity index (χ2v) is 8.40. The van der Waals surface area contributed by atoms with Crippen molar-refractivity contribution in [2.45, 2.75) is 30.8 Å². The van der Waals surface area contributed by atoms with Crippen LogP contribution in [-0.4, -0.2) is 38.6 Å². The summed E-state index contributed by atoms with van der Waals surface area (Å²) in [5.41, 5.74) is 1.94. The molecule has 166 valence electrons. The molecule has 4 aromatic rings. The number of benzene rings is 2. The second-order valence-electron chi connectivity index (χ2n) is 7.05. The van der Waals surface area contributed by atoms with Crippen LogP contribution in [-0.2, 0) is 17.0 Å². The molecule has 0 N–H and O–H groups in total. The Morgan fingerprint density at radius 1 is 1.19 bits per heavy atom. The fraction of sp³-hybridized carbons (Fsp3) is 0.273. The lowest BCUT2D eigenvalue weighted by atomic mass is 10.1. The van der Waals surface area contributed by atoms with E-state index < -0.39 is 0 Å². The molecule has 2 aromatic carbocycles. The molecular weight excluding hydrogens is 453 g/mol. The Morgan fingerprint density at radius 3 is 2.81 bits per heavy atom. The summed E-state index contributed by atoms with van der Waals surface area (Å²) in [7, 11) is 1.67. The Labute approximate surface area is 194 Å². The molecule has 0 aliphatic carbocycles. The summed E-state index contributed by atoms with van der Waals surface area (Å²) in [5.74, 6) is 1.54. The van der Waals surface area contributed by atoms with Gasteiger partial charge in [-0.3, -0.25) is 0 Å². The van der Waals surface area contributed by atoms with E-state index in [0.717, 1.165) is 12.0 Å². The first-order valence-electron chi connectivity index (χ1n) is 9.95. The molecule has 10 heteroatoms. The number of rotatable bonds is 9. The fourth-order valence-corrected chi connectivity index (χ4v) is 4.12. The van der Waals surface area contributed by atoms with Gasteiger partial charge in [0.1, 0.15) is 5.82 Å². The maximum absolute atomic E-state index is 13.9. The number of hydrogen-bond acceptors (Lipinski definition) is 7. The van der Waals surface area contributed by atoms with Crippen molar-refractivity contribution in [3.05, 3.63) is 64.8 Å². The fourth-order valence-electron chi connectivity index (χ4n) is 3.09. The van der Waals surface area contributed by atoms with Crippen LogP contribution < -0.4 is 0 Å². The van der Waals surface area contributed by atoms with Crippen molar-refractivity contribution in [2.75, 3.05) is 13.7 Å². The van der Waals surface area contributed by atoms with Crippen molar-refractivity contribution >= 4 is 23.4 Å². The maximum atomic E-state index is 13.9. The quantitative estimate of drug-likeness (QED) is 0.237. The molecule has 2 heterocycles. The van der Waals surface area contributed by atoms with Gasteiger partial charge in [0.25, 0.3) is 0 Å². The van der Waals surface area contributed by atoms with Gasteiger partial charge in [-0.15, -0.1) is 10.2 Å². The maximum Gasteiger partial charge on any atom is 0.237 e. The van der Waals surface area contributed by atoms with E-state index in [1.807, 2.05) is 28.8 Å². The molecule has 0 amide bonds. The first-order chi connectivity index (χ1) is 15.6. The molecule has 4 rings (SSSR count). The molecule has 0 atom stereocenters. The van der Waals surface area contributed by atoms with Gasteiger partial charge in [-0.25, -0.2) is 4.39 Å². The Morgan fingerprint density at radius 2 is 2.03 bits per heavy atom. The van der Waals surface area contributed by atoms with Crippen LogP contribution in [0.2, 0.25) is 5.02 Å². The first kappa shape index (κ1) is 22.4. The minimum absolute atomic E-state index is 0.306. The van der Waals surface area contributed by atoms with Crippen LogP contribution in [0.1, 0.15) is 17.9 Å². The Balaban J connectivity index is 1.53.